The van der Waals surface area contributed by atoms with E-state index >= 15 is 0 Å². The molecule has 1 amide bonds. The number of carbonyl (C=O) groups is 1. The zero-order valence-electron chi connectivity index (χ0n) is 12.1. The van der Waals surface area contributed by atoms with Crippen molar-refractivity contribution in [2.45, 2.75) is 33.7 Å². The summed E-state index contributed by atoms with van der Waals surface area (Å²) in [6, 6.07) is 8.13. The second-order valence-electron chi connectivity index (χ2n) is 5.20. The van der Waals surface area contributed by atoms with Gasteiger partial charge in [-0.2, -0.15) is 0 Å². The number of nitrogens with two attached hydrogens (primary N) is 1. The summed E-state index contributed by atoms with van der Waals surface area (Å²) in [6.45, 7) is 6.34. The highest BCUT2D eigenvalue weighted by molar-refractivity contribution is 7.80. The number of benzene rings is 1. The van der Waals surface area contributed by atoms with Crippen molar-refractivity contribution < 1.29 is 4.79 Å². The first-order valence-electron chi connectivity index (χ1n) is 6.42. The Morgan fingerprint density at radius 3 is 2.58 bits per heavy atom. The monoisotopic (exact) mass is 278 g/mol. The highest BCUT2D eigenvalue weighted by atomic mass is 32.1. The average Bonchev–Trinajstić information content (AvgIpc) is 2.36. The quantitative estimate of drug-likeness (QED) is 0.842. The predicted octanol–water partition coefficient (Wildman–Crippen LogP) is 2.66. The third-order valence-electron chi connectivity index (χ3n) is 3.57. The highest BCUT2D eigenvalue weighted by Crippen LogP contribution is 2.25. The Morgan fingerprint density at radius 2 is 2.11 bits per heavy atom. The lowest BCUT2D eigenvalue weighted by Gasteiger charge is -2.31. The van der Waals surface area contributed by atoms with Gasteiger partial charge >= 0.3 is 0 Å². The van der Waals surface area contributed by atoms with Crippen LogP contribution in [-0.2, 0) is 11.3 Å². The van der Waals surface area contributed by atoms with Crippen molar-refractivity contribution >= 4 is 23.1 Å². The van der Waals surface area contributed by atoms with E-state index in [1.807, 2.05) is 39.0 Å². The molecule has 1 unspecified atom stereocenters. The number of amides is 1. The number of rotatable bonds is 5. The zero-order chi connectivity index (χ0) is 14.6. The molecule has 104 valence electrons. The summed E-state index contributed by atoms with van der Waals surface area (Å²) < 4.78 is 0. The van der Waals surface area contributed by atoms with Crippen LogP contribution >= 0.6 is 12.2 Å². The van der Waals surface area contributed by atoms with Crippen molar-refractivity contribution in [1.82, 2.24) is 4.90 Å². The Bertz CT molecular complexity index is 487. The first-order chi connectivity index (χ1) is 8.81. The Balaban J connectivity index is 2.86. The van der Waals surface area contributed by atoms with E-state index in [0.29, 0.717) is 13.0 Å². The lowest BCUT2D eigenvalue weighted by molar-refractivity contribution is -0.136. The minimum Gasteiger partial charge on any atom is -0.392 e. The van der Waals surface area contributed by atoms with Gasteiger partial charge in [0.2, 0.25) is 5.91 Å². The average molecular weight is 278 g/mol. The zero-order valence-corrected chi connectivity index (χ0v) is 12.9. The van der Waals surface area contributed by atoms with Crippen LogP contribution in [0.3, 0.4) is 0 Å². The first kappa shape index (κ1) is 15.6. The van der Waals surface area contributed by atoms with E-state index in [4.69, 9.17) is 18.0 Å². The molecule has 1 atom stereocenters. The maximum Gasteiger partial charge on any atom is 0.235 e. The van der Waals surface area contributed by atoms with Gasteiger partial charge in [-0.25, -0.2) is 0 Å². The van der Waals surface area contributed by atoms with Crippen LogP contribution in [0.1, 0.15) is 31.4 Å². The maximum absolute atomic E-state index is 12.5. The van der Waals surface area contributed by atoms with E-state index in [1.54, 1.807) is 11.9 Å². The molecule has 0 radical (unpaired) electrons. The molecule has 1 rings (SSSR count). The minimum absolute atomic E-state index is 0.0241. The van der Waals surface area contributed by atoms with Crippen molar-refractivity contribution in [3.63, 3.8) is 0 Å². The second kappa shape index (κ2) is 6.15. The lowest BCUT2D eigenvalue weighted by Crippen LogP contribution is -2.47. The molecule has 0 saturated heterocycles. The van der Waals surface area contributed by atoms with Crippen LogP contribution in [0.25, 0.3) is 0 Å². The molecule has 0 saturated carbocycles. The largest absolute Gasteiger partial charge is 0.392 e. The fraction of sp³-hybridized carbons (Fsp3) is 0.467. The van der Waals surface area contributed by atoms with E-state index < -0.39 is 5.41 Å². The van der Waals surface area contributed by atoms with Gasteiger partial charge in [0, 0.05) is 13.6 Å². The summed E-state index contributed by atoms with van der Waals surface area (Å²) in [6.07, 6.45) is 0.610. The molecule has 0 spiro atoms. The molecule has 0 fully saturated rings. The number of carbonyl (C=O) groups excluding carboxylic acids is 1. The van der Waals surface area contributed by atoms with Gasteiger partial charge in [-0.1, -0.05) is 49.0 Å². The summed E-state index contributed by atoms with van der Waals surface area (Å²) in [5.41, 5.74) is 7.26. The van der Waals surface area contributed by atoms with E-state index in [0.717, 1.165) is 5.56 Å². The van der Waals surface area contributed by atoms with Gasteiger partial charge in [-0.05, 0) is 25.8 Å². The summed E-state index contributed by atoms with van der Waals surface area (Å²) in [5, 5.41) is 0. The Morgan fingerprint density at radius 1 is 1.47 bits per heavy atom. The number of hydrogen-bond donors (Lipinski definition) is 1. The summed E-state index contributed by atoms with van der Waals surface area (Å²) in [4.78, 5) is 14.4. The summed E-state index contributed by atoms with van der Waals surface area (Å²) in [5.74, 6) is -0.0241. The molecule has 0 aromatic heterocycles. The Labute approximate surface area is 120 Å². The fourth-order valence-electron chi connectivity index (χ4n) is 2.01. The van der Waals surface area contributed by atoms with Crippen LogP contribution in [0.5, 0.6) is 0 Å². The molecular weight excluding hydrogens is 256 g/mol. The van der Waals surface area contributed by atoms with Crippen LogP contribution in [0.2, 0.25) is 0 Å². The number of hydrogen-bond acceptors (Lipinski definition) is 2. The van der Waals surface area contributed by atoms with Crippen molar-refractivity contribution in [3.05, 3.63) is 35.4 Å². The van der Waals surface area contributed by atoms with Crippen molar-refractivity contribution in [2.24, 2.45) is 11.1 Å². The Hall–Kier alpha value is -1.42. The second-order valence-corrected chi connectivity index (χ2v) is 5.64. The Kier molecular flexibility index (Phi) is 5.06. The maximum atomic E-state index is 12.5. The number of thiocarbonyl (C=S) groups is 1. The van der Waals surface area contributed by atoms with Gasteiger partial charge < -0.3 is 10.6 Å². The molecule has 0 aliphatic carbocycles. The molecular formula is C15H22N2OS. The van der Waals surface area contributed by atoms with Crippen molar-refractivity contribution in [3.8, 4) is 0 Å². The number of nitrogens with zero attached hydrogens (tertiary/aromatic N) is 1. The normalized spacial score (nSPS) is 13.7. The van der Waals surface area contributed by atoms with Gasteiger partial charge in [0.1, 0.15) is 0 Å². The van der Waals surface area contributed by atoms with Crippen LogP contribution in [-0.4, -0.2) is 22.8 Å². The molecule has 19 heavy (non-hydrogen) atoms. The third-order valence-corrected chi connectivity index (χ3v) is 4.02. The molecule has 2 N–H and O–H groups in total. The fourth-order valence-corrected chi connectivity index (χ4v) is 2.24. The predicted molar refractivity (Wildman–Crippen MR) is 82.8 cm³/mol. The van der Waals surface area contributed by atoms with Gasteiger partial charge in [-0.15, -0.1) is 0 Å². The van der Waals surface area contributed by atoms with Gasteiger partial charge in [0.05, 0.1) is 10.4 Å². The van der Waals surface area contributed by atoms with Gasteiger partial charge in [0.15, 0.2) is 0 Å². The first-order valence-corrected chi connectivity index (χ1v) is 6.83. The van der Waals surface area contributed by atoms with Crippen LogP contribution in [0.4, 0.5) is 0 Å². The summed E-state index contributed by atoms with van der Waals surface area (Å²) in [7, 11) is 1.79. The topological polar surface area (TPSA) is 46.3 Å². The molecule has 0 aliphatic heterocycles. The van der Waals surface area contributed by atoms with Crippen LogP contribution < -0.4 is 5.73 Å². The minimum atomic E-state index is -0.756. The van der Waals surface area contributed by atoms with Gasteiger partial charge in [0.25, 0.3) is 0 Å². The molecule has 1 aromatic rings. The molecule has 1 aromatic carbocycles. The standard InChI is InChI=1S/C15H22N2OS/c1-5-15(3,13(16)19)14(18)17(4)10-12-8-6-7-11(2)9-12/h6-9H,5,10H2,1-4H3,(H2,16,19). The van der Waals surface area contributed by atoms with E-state index in [9.17, 15) is 4.79 Å². The number of aryl methyl sites for hydroxylation is 1. The van der Waals surface area contributed by atoms with Crippen LogP contribution in [0, 0.1) is 12.3 Å². The highest BCUT2D eigenvalue weighted by Gasteiger charge is 2.36. The smallest absolute Gasteiger partial charge is 0.235 e. The van der Waals surface area contributed by atoms with E-state index in [2.05, 4.69) is 6.07 Å². The van der Waals surface area contributed by atoms with Crippen LogP contribution in [0.15, 0.2) is 24.3 Å². The van der Waals surface area contributed by atoms with E-state index in [1.165, 1.54) is 5.56 Å². The van der Waals surface area contributed by atoms with E-state index in [-0.39, 0.29) is 10.9 Å². The van der Waals surface area contributed by atoms with Gasteiger partial charge in [-0.3, -0.25) is 4.79 Å². The molecule has 4 heteroatoms. The summed E-state index contributed by atoms with van der Waals surface area (Å²) >= 11 is 5.04. The van der Waals surface area contributed by atoms with Crippen molar-refractivity contribution in [2.75, 3.05) is 7.05 Å². The SMILES string of the molecule is CCC(C)(C(=O)N(C)Cc1cccc(C)c1)C(N)=S. The molecule has 0 heterocycles. The third kappa shape index (κ3) is 3.53. The molecule has 0 aliphatic rings. The molecule has 3 nitrogen and oxygen atoms in total. The lowest BCUT2D eigenvalue weighted by atomic mass is 9.86. The molecule has 0 bridgehead atoms. The van der Waals surface area contributed by atoms with Crippen molar-refractivity contribution in [1.29, 1.82) is 0 Å².